The molecule has 0 bridgehead atoms. The van der Waals surface area contributed by atoms with Gasteiger partial charge in [0.2, 0.25) is 0 Å². The average molecular weight is 304 g/mol. The van der Waals surface area contributed by atoms with Crippen molar-refractivity contribution in [2.24, 2.45) is 11.8 Å². The molecule has 0 spiro atoms. The standard InChI is InChI=1S/C18H24O4/c1-18(2,3)22-17(21)14-10-9-13(11-15(14)16(19)20)12-7-5-4-6-8-12/h4-8,13-15H,9-11H2,1-3H3,(H,19,20). The molecule has 4 heteroatoms. The van der Waals surface area contributed by atoms with Crippen LogP contribution in [0.15, 0.2) is 30.3 Å². The maximum absolute atomic E-state index is 12.3. The van der Waals surface area contributed by atoms with E-state index in [1.54, 1.807) is 20.8 Å². The third kappa shape index (κ3) is 4.09. The number of aliphatic carboxylic acids is 1. The second-order valence-electron chi connectivity index (χ2n) is 7.01. The molecule has 120 valence electrons. The smallest absolute Gasteiger partial charge is 0.310 e. The van der Waals surface area contributed by atoms with Crippen LogP contribution in [0, 0.1) is 11.8 Å². The summed E-state index contributed by atoms with van der Waals surface area (Å²) in [5, 5.41) is 9.51. The van der Waals surface area contributed by atoms with Gasteiger partial charge in [0.05, 0.1) is 11.8 Å². The third-order valence-corrected chi connectivity index (χ3v) is 4.15. The molecule has 1 aromatic rings. The summed E-state index contributed by atoms with van der Waals surface area (Å²) in [6, 6.07) is 9.93. The fourth-order valence-corrected chi connectivity index (χ4v) is 3.13. The van der Waals surface area contributed by atoms with Gasteiger partial charge in [-0.1, -0.05) is 30.3 Å². The number of carbonyl (C=O) groups excluding carboxylic acids is 1. The maximum atomic E-state index is 12.3. The first-order valence-corrected chi connectivity index (χ1v) is 7.78. The molecule has 0 amide bonds. The molecule has 1 aliphatic rings. The minimum Gasteiger partial charge on any atom is -0.481 e. The van der Waals surface area contributed by atoms with Crippen molar-refractivity contribution >= 4 is 11.9 Å². The van der Waals surface area contributed by atoms with E-state index in [0.717, 1.165) is 12.0 Å². The molecule has 0 radical (unpaired) electrons. The number of hydrogen-bond donors (Lipinski definition) is 1. The summed E-state index contributed by atoms with van der Waals surface area (Å²) >= 11 is 0. The number of benzene rings is 1. The fourth-order valence-electron chi connectivity index (χ4n) is 3.13. The predicted octanol–water partition coefficient (Wildman–Crippen LogP) is 3.61. The number of ether oxygens (including phenoxy) is 1. The van der Waals surface area contributed by atoms with E-state index in [1.807, 2.05) is 30.3 Å². The highest BCUT2D eigenvalue weighted by atomic mass is 16.6. The van der Waals surface area contributed by atoms with Gasteiger partial charge in [-0.3, -0.25) is 9.59 Å². The van der Waals surface area contributed by atoms with Gasteiger partial charge in [0.25, 0.3) is 0 Å². The molecule has 0 aliphatic heterocycles. The number of carboxylic acids is 1. The lowest BCUT2D eigenvalue weighted by Crippen LogP contribution is -2.38. The average Bonchev–Trinajstić information content (AvgIpc) is 2.45. The molecule has 1 N–H and O–H groups in total. The van der Waals surface area contributed by atoms with Crippen LogP contribution < -0.4 is 0 Å². The molecule has 0 aromatic heterocycles. The van der Waals surface area contributed by atoms with Crippen LogP contribution in [0.1, 0.15) is 51.5 Å². The van der Waals surface area contributed by atoms with Gasteiger partial charge in [0.1, 0.15) is 5.60 Å². The van der Waals surface area contributed by atoms with E-state index >= 15 is 0 Å². The Labute approximate surface area is 131 Å². The van der Waals surface area contributed by atoms with Crippen LogP contribution in [0.25, 0.3) is 0 Å². The molecular formula is C18H24O4. The van der Waals surface area contributed by atoms with Gasteiger partial charge >= 0.3 is 11.9 Å². The Hall–Kier alpha value is -1.84. The van der Waals surface area contributed by atoms with E-state index in [4.69, 9.17) is 4.74 Å². The lowest BCUT2D eigenvalue weighted by molar-refractivity contribution is -0.168. The van der Waals surface area contributed by atoms with Crippen molar-refractivity contribution in [1.82, 2.24) is 0 Å². The monoisotopic (exact) mass is 304 g/mol. The fraction of sp³-hybridized carbons (Fsp3) is 0.556. The second-order valence-corrected chi connectivity index (χ2v) is 7.01. The first kappa shape index (κ1) is 16.5. The van der Waals surface area contributed by atoms with E-state index in [9.17, 15) is 14.7 Å². The van der Waals surface area contributed by atoms with Crippen LogP contribution in [0.4, 0.5) is 0 Å². The lowest BCUT2D eigenvalue weighted by atomic mass is 9.72. The lowest BCUT2D eigenvalue weighted by Gasteiger charge is -2.34. The van der Waals surface area contributed by atoms with Gasteiger partial charge < -0.3 is 9.84 Å². The van der Waals surface area contributed by atoms with Gasteiger partial charge in [-0.15, -0.1) is 0 Å². The third-order valence-electron chi connectivity index (χ3n) is 4.15. The second kappa shape index (κ2) is 6.51. The SMILES string of the molecule is CC(C)(C)OC(=O)C1CCC(c2ccccc2)CC1C(=O)O. The van der Waals surface area contributed by atoms with E-state index in [0.29, 0.717) is 12.8 Å². The first-order valence-electron chi connectivity index (χ1n) is 7.78. The minimum atomic E-state index is -0.906. The van der Waals surface area contributed by atoms with Gasteiger partial charge in [-0.2, -0.15) is 0 Å². The highest BCUT2D eigenvalue weighted by Crippen LogP contribution is 2.40. The quantitative estimate of drug-likeness (QED) is 0.866. The molecule has 1 aliphatic carbocycles. The van der Waals surface area contributed by atoms with Gasteiger partial charge in [0, 0.05) is 0 Å². The Kier molecular flexibility index (Phi) is 4.89. The van der Waals surface area contributed by atoms with E-state index < -0.39 is 23.4 Å². The molecule has 2 rings (SSSR count). The summed E-state index contributed by atoms with van der Waals surface area (Å²) in [4.78, 5) is 23.9. The van der Waals surface area contributed by atoms with Gasteiger partial charge in [0.15, 0.2) is 0 Å². The summed E-state index contributed by atoms with van der Waals surface area (Å²) in [7, 11) is 0. The van der Waals surface area contributed by atoms with Crippen LogP contribution in [-0.2, 0) is 14.3 Å². The summed E-state index contributed by atoms with van der Waals surface area (Å²) in [5.74, 6) is -2.31. The molecular weight excluding hydrogens is 280 g/mol. The first-order chi connectivity index (χ1) is 10.3. The van der Waals surface area contributed by atoms with Crippen LogP contribution in [0.3, 0.4) is 0 Å². The Morgan fingerprint density at radius 1 is 1.09 bits per heavy atom. The van der Waals surface area contributed by atoms with Crippen LogP contribution in [0.2, 0.25) is 0 Å². The van der Waals surface area contributed by atoms with Gasteiger partial charge in [-0.25, -0.2) is 0 Å². The van der Waals surface area contributed by atoms with Crippen molar-refractivity contribution in [2.75, 3.05) is 0 Å². The van der Waals surface area contributed by atoms with Crippen LogP contribution in [0.5, 0.6) is 0 Å². The van der Waals surface area contributed by atoms with Crippen molar-refractivity contribution in [1.29, 1.82) is 0 Å². The molecule has 0 heterocycles. The highest BCUT2D eigenvalue weighted by molar-refractivity contribution is 5.81. The van der Waals surface area contributed by atoms with E-state index in [2.05, 4.69) is 0 Å². The van der Waals surface area contributed by atoms with E-state index in [-0.39, 0.29) is 11.9 Å². The molecule has 3 atom stereocenters. The molecule has 3 unspecified atom stereocenters. The zero-order chi connectivity index (χ0) is 16.3. The predicted molar refractivity (Wildman–Crippen MR) is 83.5 cm³/mol. The molecule has 4 nitrogen and oxygen atoms in total. The Balaban J connectivity index is 2.12. The van der Waals surface area contributed by atoms with Crippen molar-refractivity contribution in [2.45, 2.75) is 51.6 Å². The number of carboxylic acid groups (broad SMARTS) is 1. The van der Waals surface area contributed by atoms with Crippen molar-refractivity contribution in [3.05, 3.63) is 35.9 Å². The molecule has 1 aromatic carbocycles. The summed E-state index contributed by atoms with van der Waals surface area (Å²) in [6.07, 6.45) is 1.87. The number of rotatable bonds is 3. The molecule has 22 heavy (non-hydrogen) atoms. The van der Waals surface area contributed by atoms with Crippen molar-refractivity contribution in [3.8, 4) is 0 Å². The normalized spacial score (nSPS) is 25.5. The molecule has 1 saturated carbocycles. The highest BCUT2D eigenvalue weighted by Gasteiger charge is 2.41. The maximum Gasteiger partial charge on any atom is 0.310 e. The number of carbonyl (C=O) groups is 2. The topological polar surface area (TPSA) is 63.6 Å². The molecule has 0 saturated heterocycles. The molecule has 1 fully saturated rings. The number of hydrogen-bond acceptors (Lipinski definition) is 3. The van der Waals surface area contributed by atoms with Crippen molar-refractivity contribution < 1.29 is 19.4 Å². The summed E-state index contributed by atoms with van der Waals surface area (Å²) in [6.45, 7) is 5.41. The van der Waals surface area contributed by atoms with E-state index in [1.165, 1.54) is 0 Å². The Morgan fingerprint density at radius 3 is 2.27 bits per heavy atom. The van der Waals surface area contributed by atoms with Crippen LogP contribution >= 0.6 is 0 Å². The Bertz CT molecular complexity index is 530. The van der Waals surface area contributed by atoms with Gasteiger partial charge in [-0.05, 0) is 51.5 Å². The minimum absolute atomic E-state index is 0.195. The zero-order valence-corrected chi connectivity index (χ0v) is 13.4. The summed E-state index contributed by atoms with van der Waals surface area (Å²) in [5.41, 5.74) is 0.563. The van der Waals surface area contributed by atoms with Crippen LogP contribution in [-0.4, -0.2) is 22.6 Å². The van der Waals surface area contributed by atoms with Crippen molar-refractivity contribution in [3.63, 3.8) is 0 Å². The number of esters is 1. The summed E-state index contributed by atoms with van der Waals surface area (Å²) < 4.78 is 5.40. The zero-order valence-electron chi connectivity index (χ0n) is 13.4. The largest absolute Gasteiger partial charge is 0.481 e. The Morgan fingerprint density at radius 2 is 1.73 bits per heavy atom.